The molecule has 1 fully saturated rings. The Bertz CT molecular complexity index is 1270. The van der Waals surface area contributed by atoms with Crippen molar-refractivity contribution in [3.63, 3.8) is 0 Å². The van der Waals surface area contributed by atoms with Gasteiger partial charge in [-0.25, -0.2) is 4.79 Å². The van der Waals surface area contributed by atoms with Crippen molar-refractivity contribution in [3.05, 3.63) is 74.0 Å². The van der Waals surface area contributed by atoms with E-state index in [-0.39, 0.29) is 5.63 Å². The lowest BCUT2D eigenvalue weighted by Gasteiger charge is -2.36. The Morgan fingerprint density at radius 2 is 1.68 bits per heavy atom. The molecule has 0 aliphatic carbocycles. The SMILES string of the molecule is COc1cc(Br)c(-c2cc(C)c(N3CCN(Cc4ccc(C#N)cc4)CC3)c(=O)o2)cc1OC. The van der Waals surface area contributed by atoms with Crippen LogP contribution in [0.4, 0.5) is 5.69 Å². The smallest absolute Gasteiger partial charge is 0.360 e. The van der Waals surface area contributed by atoms with Crippen LogP contribution in [0.25, 0.3) is 11.3 Å². The average molecular weight is 524 g/mol. The topological polar surface area (TPSA) is 78.9 Å². The molecule has 0 amide bonds. The molecule has 0 saturated carbocycles. The quantitative estimate of drug-likeness (QED) is 0.467. The van der Waals surface area contributed by atoms with Gasteiger partial charge in [0.2, 0.25) is 0 Å². The number of nitrogens with zero attached hydrogens (tertiary/aromatic N) is 3. The van der Waals surface area contributed by atoms with Crippen molar-refractivity contribution >= 4 is 21.6 Å². The first-order valence-corrected chi connectivity index (χ1v) is 11.8. The molecule has 3 aromatic rings. The minimum absolute atomic E-state index is 0.350. The van der Waals surface area contributed by atoms with Crippen LogP contribution in [-0.2, 0) is 6.54 Å². The molecule has 1 aliphatic rings. The molecular formula is C26H26BrN3O4. The van der Waals surface area contributed by atoms with Crippen molar-refractivity contribution in [2.45, 2.75) is 13.5 Å². The highest BCUT2D eigenvalue weighted by Crippen LogP contribution is 2.39. The summed E-state index contributed by atoms with van der Waals surface area (Å²) in [6.45, 7) is 5.90. The molecule has 2 aromatic carbocycles. The lowest BCUT2D eigenvalue weighted by Crippen LogP contribution is -2.47. The highest BCUT2D eigenvalue weighted by molar-refractivity contribution is 9.10. The van der Waals surface area contributed by atoms with Gasteiger partial charge in [-0.1, -0.05) is 12.1 Å². The van der Waals surface area contributed by atoms with Crippen molar-refractivity contribution < 1.29 is 13.9 Å². The molecule has 7 nitrogen and oxygen atoms in total. The monoisotopic (exact) mass is 523 g/mol. The van der Waals surface area contributed by atoms with Gasteiger partial charge in [-0.2, -0.15) is 5.26 Å². The number of hydrogen-bond donors (Lipinski definition) is 0. The van der Waals surface area contributed by atoms with Crippen LogP contribution in [0, 0.1) is 18.3 Å². The number of halogens is 1. The number of anilines is 1. The van der Waals surface area contributed by atoms with Crippen molar-refractivity contribution in [3.8, 4) is 28.9 Å². The summed E-state index contributed by atoms with van der Waals surface area (Å²) in [5.41, 5.74) is 3.69. The highest BCUT2D eigenvalue weighted by Gasteiger charge is 2.23. The second-order valence-electron chi connectivity index (χ2n) is 8.19. The summed E-state index contributed by atoms with van der Waals surface area (Å²) < 4.78 is 17.3. The molecule has 2 heterocycles. The van der Waals surface area contributed by atoms with Crippen LogP contribution in [0.3, 0.4) is 0 Å². The number of ether oxygens (including phenoxy) is 2. The first-order valence-electron chi connectivity index (χ1n) is 11.0. The summed E-state index contributed by atoms with van der Waals surface area (Å²) in [6.07, 6.45) is 0. The summed E-state index contributed by atoms with van der Waals surface area (Å²) in [5, 5.41) is 8.96. The Kier molecular flexibility index (Phi) is 7.25. The standard InChI is InChI=1S/C26H26BrN3O4/c1-17-12-22(20-13-23(32-2)24(33-3)14-21(20)27)34-26(31)25(17)30-10-8-29(9-11-30)16-19-6-4-18(15-28)5-7-19/h4-7,12-14H,8-11,16H2,1-3H3. The van der Waals surface area contributed by atoms with Gasteiger partial charge in [0.25, 0.3) is 0 Å². The Morgan fingerprint density at radius 3 is 2.26 bits per heavy atom. The molecule has 0 unspecified atom stereocenters. The molecule has 1 aliphatic heterocycles. The Balaban J connectivity index is 1.50. The molecule has 0 spiro atoms. The largest absolute Gasteiger partial charge is 0.493 e. The molecule has 1 aromatic heterocycles. The predicted octanol–water partition coefficient (Wildman–Crippen LogP) is 4.59. The lowest BCUT2D eigenvalue weighted by molar-refractivity contribution is 0.249. The van der Waals surface area contributed by atoms with Crippen molar-refractivity contribution in [2.24, 2.45) is 0 Å². The third-order valence-corrected chi connectivity index (χ3v) is 6.69. The van der Waals surface area contributed by atoms with Crippen LogP contribution in [0.2, 0.25) is 0 Å². The number of nitriles is 1. The summed E-state index contributed by atoms with van der Waals surface area (Å²) in [6, 6.07) is 15.3. The molecule has 8 heteroatoms. The second-order valence-corrected chi connectivity index (χ2v) is 9.04. The molecule has 176 valence electrons. The number of hydrogen-bond acceptors (Lipinski definition) is 7. The van der Waals surface area contributed by atoms with Crippen LogP contribution in [-0.4, -0.2) is 45.3 Å². The first-order chi connectivity index (χ1) is 16.4. The minimum atomic E-state index is -0.350. The van der Waals surface area contributed by atoms with Gasteiger partial charge in [-0.05, 0) is 64.3 Å². The third-order valence-electron chi connectivity index (χ3n) is 6.03. The van der Waals surface area contributed by atoms with Gasteiger partial charge in [-0.15, -0.1) is 0 Å². The average Bonchev–Trinajstić information content (AvgIpc) is 2.84. The number of rotatable bonds is 6. The third kappa shape index (κ3) is 4.96. The van der Waals surface area contributed by atoms with Crippen molar-refractivity contribution in [2.75, 3.05) is 45.3 Å². The molecular weight excluding hydrogens is 498 g/mol. The van der Waals surface area contributed by atoms with Gasteiger partial charge in [0.15, 0.2) is 11.5 Å². The van der Waals surface area contributed by atoms with E-state index in [1.165, 1.54) is 5.56 Å². The first kappa shape index (κ1) is 23.9. The number of aryl methyl sites for hydroxylation is 1. The number of benzene rings is 2. The van der Waals surface area contributed by atoms with E-state index in [1.807, 2.05) is 37.3 Å². The van der Waals surface area contributed by atoms with E-state index in [0.717, 1.165) is 48.3 Å². The van der Waals surface area contributed by atoms with E-state index in [2.05, 4.69) is 31.8 Å². The molecule has 0 radical (unpaired) electrons. The van der Waals surface area contributed by atoms with E-state index in [1.54, 1.807) is 26.4 Å². The Labute approximate surface area is 207 Å². The Morgan fingerprint density at radius 1 is 1.03 bits per heavy atom. The van der Waals surface area contributed by atoms with Crippen LogP contribution in [0.5, 0.6) is 11.5 Å². The van der Waals surface area contributed by atoms with Crippen LogP contribution >= 0.6 is 15.9 Å². The van der Waals surface area contributed by atoms with Crippen molar-refractivity contribution in [1.82, 2.24) is 4.90 Å². The Hall–Kier alpha value is -3.28. The van der Waals surface area contributed by atoms with E-state index in [9.17, 15) is 4.79 Å². The second kappa shape index (κ2) is 10.3. The van der Waals surface area contributed by atoms with Gasteiger partial charge in [-0.3, -0.25) is 4.90 Å². The van der Waals surface area contributed by atoms with E-state index < -0.39 is 0 Å². The van der Waals surface area contributed by atoms with E-state index in [0.29, 0.717) is 28.5 Å². The lowest BCUT2D eigenvalue weighted by atomic mass is 10.1. The maximum atomic E-state index is 13.0. The zero-order valence-electron chi connectivity index (χ0n) is 19.4. The number of methoxy groups -OCH3 is 2. The van der Waals surface area contributed by atoms with Crippen LogP contribution in [0.15, 0.2) is 56.1 Å². The fraction of sp³-hybridized carbons (Fsp3) is 0.308. The van der Waals surface area contributed by atoms with Gasteiger partial charge in [0.05, 0.1) is 25.9 Å². The summed E-state index contributed by atoms with van der Waals surface area (Å²) in [7, 11) is 3.15. The molecule has 0 bridgehead atoms. The summed E-state index contributed by atoms with van der Waals surface area (Å²) in [4.78, 5) is 17.5. The maximum Gasteiger partial charge on any atom is 0.360 e. The van der Waals surface area contributed by atoms with E-state index in [4.69, 9.17) is 19.2 Å². The maximum absolute atomic E-state index is 13.0. The molecule has 34 heavy (non-hydrogen) atoms. The molecule has 4 rings (SSSR count). The normalized spacial score (nSPS) is 14.0. The summed E-state index contributed by atoms with van der Waals surface area (Å²) >= 11 is 3.54. The van der Waals surface area contributed by atoms with Crippen molar-refractivity contribution in [1.29, 1.82) is 5.26 Å². The van der Waals surface area contributed by atoms with E-state index >= 15 is 0 Å². The highest BCUT2D eigenvalue weighted by atomic mass is 79.9. The van der Waals surface area contributed by atoms with Gasteiger partial charge in [0.1, 0.15) is 11.4 Å². The summed E-state index contributed by atoms with van der Waals surface area (Å²) in [5.74, 6) is 1.62. The van der Waals surface area contributed by atoms with Gasteiger partial charge in [0, 0.05) is 42.8 Å². The molecule has 1 saturated heterocycles. The fourth-order valence-electron chi connectivity index (χ4n) is 4.23. The van der Waals surface area contributed by atoms with Crippen LogP contribution in [0.1, 0.15) is 16.7 Å². The van der Waals surface area contributed by atoms with Gasteiger partial charge >= 0.3 is 5.63 Å². The zero-order chi connectivity index (χ0) is 24.2. The van der Waals surface area contributed by atoms with Crippen LogP contribution < -0.4 is 20.0 Å². The van der Waals surface area contributed by atoms with Gasteiger partial charge < -0.3 is 18.8 Å². The zero-order valence-corrected chi connectivity index (χ0v) is 21.0. The number of piperazine rings is 1. The fourth-order valence-corrected chi connectivity index (χ4v) is 4.75. The predicted molar refractivity (Wildman–Crippen MR) is 135 cm³/mol. The minimum Gasteiger partial charge on any atom is -0.493 e. The molecule has 0 atom stereocenters. The molecule has 0 N–H and O–H groups in total.